The van der Waals surface area contributed by atoms with Gasteiger partial charge in [-0.05, 0) is 68.4 Å². The summed E-state index contributed by atoms with van der Waals surface area (Å²) in [4.78, 5) is 25.5. The van der Waals surface area contributed by atoms with Crippen LogP contribution in [-0.2, 0) is 9.59 Å². The van der Waals surface area contributed by atoms with Crippen molar-refractivity contribution in [3.8, 4) is 11.5 Å². The summed E-state index contributed by atoms with van der Waals surface area (Å²) in [5.41, 5.74) is -0.918. The highest BCUT2D eigenvalue weighted by atomic mass is 35.5. The number of carbonyl (C=O) groups is 2. The van der Waals surface area contributed by atoms with Crippen LogP contribution in [0, 0.1) is 18.2 Å². The maximum Gasteiger partial charge on any atom is 0.267 e. The Morgan fingerprint density at radius 2 is 1.97 bits per heavy atom. The molecule has 6 nitrogen and oxygen atoms in total. The summed E-state index contributed by atoms with van der Waals surface area (Å²) in [6.07, 6.45) is 1.32. The average Bonchev–Trinajstić information content (AvgIpc) is 2.97. The van der Waals surface area contributed by atoms with Gasteiger partial charge in [-0.1, -0.05) is 17.7 Å². The molecule has 6 rings (SSSR count). The van der Waals surface area contributed by atoms with Crippen molar-refractivity contribution in [1.82, 2.24) is 5.32 Å². The Kier molecular flexibility index (Phi) is 4.99. The molecular formula is C25H25ClFNO5. The molecular weight excluding hydrogens is 449 g/mol. The third-order valence-corrected chi connectivity index (χ3v) is 7.43. The highest BCUT2D eigenvalue weighted by Crippen LogP contribution is 2.69. The molecule has 2 aromatic rings. The van der Waals surface area contributed by atoms with Gasteiger partial charge < -0.3 is 19.9 Å². The average molecular weight is 474 g/mol. The molecule has 2 aromatic carbocycles. The third kappa shape index (κ3) is 3.67. The molecule has 0 aromatic heterocycles. The number of aryl methyl sites for hydroxylation is 1. The first-order valence-corrected chi connectivity index (χ1v) is 11.3. The number of halogens is 2. The van der Waals surface area contributed by atoms with Crippen molar-refractivity contribution in [3.63, 3.8) is 0 Å². The Morgan fingerprint density at radius 3 is 2.67 bits per heavy atom. The standard InChI is InChI=1S/C25H25ClFNO5/c1-14-3-5-17(8-19(14)27)32-10-16(29)9-24-11-25(12-24,13-24)28-22(31)23(2)21(30)18-7-15(26)4-6-20(18)33-23/h3-8,21,30H,9-13H2,1-2H3,(H,28,31)/t21?,23-,24?,25?/m1/s1. The van der Waals surface area contributed by atoms with E-state index in [0.29, 0.717) is 53.3 Å². The number of aliphatic hydroxyl groups is 1. The summed E-state index contributed by atoms with van der Waals surface area (Å²) in [5.74, 6) is -0.0273. The molecule has 3 fully saturated rings. The topological polar surface area (TPSA) is 84.9 Å². The zero-order chi connectivity index (χ0) is 23.6. The number of hydrogen-bond acceptors (Lipinski definition) is 5. The first kappa shape index (κ1) is 22.2. The molecule has 1 heterocycles. The second kappa shape index (κ2) is 7.43. The van der Waals surface area contributed by atoms with Gasteiger partial charge >= 0.3 is 0 Å². The van der Waals surface area contributed by atoms with Crippen molar-refractivity contribution < 1.29 is 28.6 Å². The van der Waals surface area contributed by atoms with Gasteiger partial charge in [0.25, 0.3) is 5.91 Å². The van der Waals surface area contributed by atoms with E-state index in [0.717, 1.165) is 0 Å². The van der Waals surface area contributed by atoms with E-state index in [2.05, 4.69) is 5.32 Å². The minimum Gasteiger partial charge on any atom is -0.486 e. The molecule has 0 saturated heterocycles. The van der Waals surface area contributed by atoms with Crippen LogP contribution in [0.4, 0.5) is 4.39 Å². The highest BCUT2D eigenvalue weighted by molar-refractivity contribution is 6.30. The number of fused-ring (bicyclic) bond motifs is 1. The molecule has 0 spiro atoms. The summed E-state index contributed by atoms with van der Waals surface area (Å²) < 4.78 is 24.9. The molecule has 3 aliphatic carbocycles. The number of rotatable bonds is 7. The van der Waals surface area contributed by atoms with Gasteiger partial charge in [0.05, 0.1) is 0 Å². The zero-order valence-corrected chi connectivity index (χ0v) is 19.2. The first-order valence-electron chi connectivity index (χ1n) is 10.9. The van der Waals surface area contributed by atoms with Gasteiger partial charge in [-0.3, -0.25) is 9.59 Å². The van der Waals surface area contributed by atoms with Crippen molar-refractivity contribution in [2.24, 2.45) is 5.41 Å². The Hall–Kier alpha value is -2.64. The summed E-state index contributed by atoms with van der Waals surface area (Å²) >= 11 is 6.01. The summed E-state index contributed by atoms with van der Waals surface area (Å²) in [5, 5.41) is 14.2. The van der Waals surface area contributed by atoms with Crippen LogP contribution < -0.4 is 14.8 Å². The number of ketones is 1. The van der Waals surface area contributed by atoms with Gasteiger partial charge in [0.2, 0.25) is 5.60 Å². The molecule has 3 saturated carbocycles. The molecule has 1 unspecified atom stereocenters. The van der Waals surface area contributed by atoms with Gasteiger partial charge in [-0.15, -0.1) is 0 Å². The fourth-order valence-corrected chi connectivity index (χ4v) is 5.74. The van der Waals surface area contributed by atoms with Gasteiger partial charge in [0.1, 0.15) is 30.0 Å². The third-order valence-electron chi connectivity index (χ3n) is 7.20. The van der Waals surface area contributed by atoms with Crippen LogP contribution in [0.15, 0.2) is 36.4 Å². The maximum atomic E-state index is 13.6. The van der Waals surface area contributed by atoms with E-state index >= 15 is 0 Å². The van der Waals surface area contributed by atoms with E-state index in [9.17, 15) is 19.1 Å². The number of nitrogens with one attached hydrogen (secondary N) is 1. The summed E-state index contributed by atoms with van der Waals surface area (Å²) in [6.45, 7) is 3.12. The Balaban J connectivity index is 1.13. The molecule has 2 bridgehead atoms. The minimum atomic E-state index is -1.44. The molecule has 33 heavy (non-hydrogen) atoms. The van der Waals surface area contributed by atoms with Gasteiger partial charge in [-0.2, -0.15) is 0 Å². The van der Waals surface area contributed by atoms with Gasteiger partial charge in [0, 0.05) is 28.6 Å². The minimum absolute atomic E-state index is 0.0514. The number of ether oxygens (including phenoxy) is 2. The molecule has 174 valence electrons. The van der Waals surface area contributed by atoms with Crippen LogP contribution >= 0.6 is 11.6 Å². The fraction of sp³-hybridized carbons (Fsp3) is 0.440. The molecule has 2 atom stereocenters. The Bertz CT molecular complexity index is 1150. The summed E-state index contributed by atoms with van der Waals surface area (Å²) in [7, 11) is 0. The first-order chi connectivity index (χ1) is 15.5. The zero-order valence-electron chi connectivity index (χ0n) is 18.4. The normalized spacial score (nSPS) is 31.0. The van der Waals surface area contributed by atoms with Crippen LogP contribution in [0.25, 0.3) is 0 Å². The number of aliphatic hydroxyl groups excluding tert-OH is 1. The van der Waals surface area contributed by atoms with Crippen LogP contribution in [0.1, 0.15) is 49.8 Å². The molecule has 2 N–H and O–H groups in total. The van der Waals surface area contributed by atoms with E-state index in [1.54, 1.807) is 44.2 Å². The lowest BCUT2D eigenvalue weighted by molar-refractivity contribution is -0.181. The van der Waals surface area contributed by atoms with Crippen molar-refractivity contribution in [1.29, 1.82) is 0 Å². The van der Waals surface area contributed by atoms with Crippen molar-refractivity contribution >= 4 is 23.3 Å². The van der Waals surface area contributed by atoms with E-state index in [1.165, 1.54) is 6.07 Å². The number of Topliss-reactive ketones (excluding diaryl/α,β-unsaturated/α-hetero) is 1. The van der Waals surface area contributed by atoms with Gasteiger partial charge in [-0.25, -0.2) is 4.39 Å². The SMILES string of the molecule is Cc1ccc(OCC(=O)CC23CC(NC(=O)[C@]4(C)Oc5ccc(Cl)cc5C4O)(C2)C3)cc1F. The van der Waals surface area contributed by atoms with Crippen LogP contribution in [0.3, 0.4) is 0 Å². The quantitative estimate of drug-likeness (QED) is 0.633. The number of hydrogen-bond donors (Lipinski definition) is 2. The van der Waals surface area contributed by atoms with Crippen molar-refractivity contribution in [2.75, 3.05) is 6.61 Å². The lowest BCUT2D eigenvalue weighted by Crippen LogP contribution is -2.76. The van der Waals surface area contributed by atoms with Crippen molar-refractivity contribution in [2.45, 2.75) is 56.8 Å². The predicted molar refractivity (Wildman–Crippen MR) is 119 cm³/mol. The van der Waals surface area contributed by atoms with Crippen molar-refractivity contribution in [3.05, 3.63) is 58.4 Å². The molecule has 1 amide bonds. The fourth-order valence-electron chi connectivity index (χ4n) is 5.56. The second-order valence-corrected chi connectivity index (χ2v) is 10.4. The molecule has 4 aliphatic rings. The molecule has 0 radical (unpaired) electrons. The number of carbonyl (C=O) groups excluding carboxylic acids is 2. The largest absolute Gasteiger partial charge is 0.486 e. The van der Waals surface area contributed by atoms with Crippen LogP contribution in [-0.4, -0.2) is 34.5 Å². The smallest absolute Gasteiger partial charge is 0.267 e. The van der Waals surface area contributed by atoms with Gasteiger partial charge in [0.15, 0.2) is 5.78 Å². The predicted octanol–water partition coefficient (Wildman–Crippen LogP) is 4.05. The van der Waals surface area contributed by atoms with E-state index < -0.39 is 11.7 Å². The van der Waals surface area contributed by atoms with E-state index in [-0.39, 0.29) is 35.1 Å². The molecule has 8 heteroatoms. The molecule has 1 aliphatic heterocycles. The lowest BCUT2D eigenvalue weighted by atomic mass is 9.38. The Morgan fingerprint density at radius 1 is 1.24 bits per heavy atom. The monoisotopic (exact) mass is 473 g/mol. The highest BCUT2D eigenvalue weighted by Gasteiger charge is 2.69. The maximum absolute atomic E-state index is 13.6. The van der Waals surface area contributed by atoms with E-state index in [1.807, 2.05) is 0 Å². The second-order valence-electron chi connectivity index (χ2n) is 9.97. The Labute approximate surface area is 196 Å². The number of amides is 1. The number of benzene rings is 2. The van der Waals surface area contributed by atoms with Crippen LogP contribution in [0.5, 0.6) is 11.5 Å². The van der Waals surface area contributed by atoms with E-state index in [4.69, 9.17) is 21.1 Å². The lowest BCUT2D eigenvalue weighted by Gasteiger charge is -2.71. The summed E-state index contributed by atoms with van der Waals surface area (Å²) in [6, 6.07) is 9.44. The van der Waals surface area contributed by atoms with Crippen LogP contribution in [0.2, 0.25) is 5.02 Å².